The van der Waals surface area contributed by atoms with Crippen LogP contribution in [0.2, 0.25) is 0 Å². The summed E-state index contributed by atoms with van der Waals surface area (Å²) in [7, 11) is 2.16. The summed E-state index contributed by atoms with van der Waals surface area (Å²) < 4.78 is 5.67. The van der Waals surface area contributed by atoms with Crippen LogP contribution in [-0.2, 0) is 0 Å². The fourth-order valence-electron chi connectivity index (χ4n) is 2.42. The molecule has 116 valence electrons. The summed E-state index contributed by atoms with van der Waals surface area (Å²) in [6.45, 7) is 3.80. The molecule has 1 aliphatic heterocycles. The Kier molecular flexibility index (Phi) is 5.83. The van der Waals surface area contributed by atoms with E-state index in [0.717, 1.165) is 25.4 Å². The molecule has 0 unspecified atom stereocenters. The molecule has 1 aromatic carbocycles. The molecule has 0 saturated carbocycles. The predicted octanol–water partition coefficient (Wildman–Crippen LogP) is 0.844. The number of rotatable bonds is 6. The third-order valence-corrected chi connectivity index (χ3v) is 3.78. The Morgan fingerprint density at radius 2 is 2.05 bits per heavy atom. The van der Waals surface area contributed by atoms with Gasteiger partial charge in [-0.1, -0.05) is 5.16 Å². The number of piperidine rings is 1. The molecule has 4 N–H and O–H groups in total. The maximum absolute atomic E-state index is 8.59. The van der Waals surface area contributed by atoms with Crippen molar-refractivity contribution in [3.8, 4) is 5.75 Å². The van der Waals surface area contributed by atoms with Crippen molar-refractivity contribution in [3.05, 3.63) is 29.8 Å². The fraction of sp³-hybridized carbons (Fsp3) is 0.533. The summed E-state index contributed by atoms with van der Waals surface area (Å²) in [5, 5.41) is 15.1. The van der Waals surface area contributed by atoms with Gasteiger partial charge in [0.1, 0.15) is 12.4 Å². The second kappa shape index (κ2) is 7.85. The van der Waals surface area contributed by atoms with Crippen LogP contribution < -0.4 is 15.8 Å². The highest BCUT2D eigenvalue weighted by Gasteiger charge is 2.15. The van der Waals surface area contributed by atoms with Gasteiger partial charge in [0.05, 0.1) is 0 Å². The molecule has 0 aliphatic carbocycles. The standard InChI is InChI=1S/C15H24N4O2/c1-19-9-6-13(7-10-19)17-8-11-21-14-4-2-12(3-5-14)15(16)18-20/h2-5,13,17,20H,6-11H2,1H3,(H2,16,18). The normalized spacial score (nSPS) is 17.9. The first kappa shape index (κ1) is 15.6. The molecule has 1 aliphatic rings. The average Bonchev–Trinajstić information content (AvgIpc) is 2.53. The predicted molar refractivity (Wildman–Crippen MR) is 83.0 cm³/mol. The van der Waals surface area contributed by atoms with Gasteiger partial charge in [0, 0.05) is 18.2 Å². The quantitative estimate of drug-likeness (QED) is 0.238. The molecular weight excluding hydrogens is 268 g/mol. The van der Waals surface area contributed by atoms with Crippen molar-refractivity contribution >= 4 is 5.84 Å². The Morgan fingerprint density at radius 3 is 2.67 bits per heavy atom. The molecule has 1 heterocycles. The fourth-order valence-corrected chi connectivity index (χ4v) is 2.42. The number of ether oxygens (including phenoxy) is 1. The summed E-state index contributed by atoms with van der Waals surface area (Å²) in [6, 6.07) is 7.79. The number of nitrogens with one attached hydrogen (secondary N) is 1. The molecule has 1 fully saturated rings. The van der Waals surface area contributed by atoms with E-state index < -0.39 is 0 Å². The zero-order valence-electron chi connectivity index (χ0n) is 12.5. The Bertz CT molecular complexity index is 453. The lowest BCUT2D eigenvalue weighted by atomic mass is 10.1. The van der Waals surface area contributed by atoms with Crippen LogP contribution in [0.15, 0.2) is 29.4 Å². The van der Waals surface area contributed by atoms with Crippen LogP contribution in [0.1, 0.15) is 18.4 Å². The molecule has 6 heteroatoms. The maximum atomic E-state index is 8.59. The van der Waals surface area contributed by atoms with E-state index in [4.69, 9.17) is 15.7 Å². The maximum Gasteiger partial charge on any atom is 0.170 e. The molecule has 0 radical (unpaired) electrons. The first-order chi connectivity index (χ1) is 10.2. The molecule has 0 atom stereocenters. The van der Waals surface area contributed by atoms with Crippen LogP contribution in [0.5, 0.6) is 5.75 Å². The van der Waals surface area contributed by atoms with Gasteiger partial charge in [-0.3, -0.25) is 0 Å². The molecule has 0 amide bonds. The molecule has 1 aromatic rings. The third-order valence-electron chi connectivity index (χ3n) is 3.78. The number of benzene rings is 1. The minimum atomic E-state index is 0.102. The molecule has 0 spiro atoms. The SMILES string of the molecule is CN1CCC(NCCOc2ccc(C(N)=NO)cc2)CC1. The lowest BCUT2D eigenvalue weighted by Gasteiger charge is -2.29. The van der Waals surface area contributed by atoms with Crippen LogP contribution >= 0.6 is 0 Å². The van der Waals surface area contributed by atoms with E-state index in [1.807, 2.05) is 12.1 Å². The summed E-state index contributed by atoms with van der Waals surface area (Å²) in [5.41, 5.74) is 6.18. The molecular formula is C15H24N4O2. The van der Waals surface area contributed by atoms with E-state index in [0.29, 0.717) is 18.2 Å². The minimum absolute atomic E-state index is 0.102. The highest BCUT2D eigenvalue weighted by Crippen LogP contribution is 2.12. The van der Waals surface area contributed by atoms with Gasteiger partial charge in [0.25, 0.3) is 0 Å². The van der Waals surface area contributed by atoms with Crippen molar-refractivity contribution in [2.24, 2.45) is 10.9 Å². The van der Waals surface area contributed by atoms with Crippen molar-refractivity contribution < 1.29 is 9.94 Å². The van der Waals surface area contributed by atoms with Gasteiger partial charge < -0.3 is 25.9 Å². The van der Waals surface area contributed by atoms with Gasteiger partial charge in [-0.2, -0.15) is 0 Å². The van der Waals surface area contributed by atoms with Gasteiger partial charge in [0.15, 0.2) is 5.84 Å². The van der Waals surface area contributed by atoms with E-state index in [1.54, 1.807) is 12.1 Å². The number of oxime groups is 1. The van der Waals surface area contributed by atoms with Crippen LogP contribution in [-0.4, -0.2) is 55.3 Å². The number of hydrogen-bond acceptors (Lipinski definition) is 5. The minimum Gasteiger partial charge on any atom is -0.492 e. The average molecular weight is 292 g/mol. The number of nitrogens with zero attached hydrogens (tertiary/aromatic N) is 2. The van der Waals surface area contributed by atoms with Crippen molar-refractivity contribution in [2.75, 3.05) is 33.3 Å². The topological polar surface area (TPSA) is 83.1 Å². The highest BCUT2D eigenvalue weighted by molar-refractivity contribution is 5.97. The Labute approximate surface area is 125 Å². The molecule has 0 bridgehead atoms. The van der Waals surface area contributed by atoms with Crippen LogP contribution in [0.3, 0.4) is 0 Å². The van der Waals surface area contributed by atoms with E-state index in [2.05, 4.69) is 22.4 Å². The Hall–Kier alpha value is -1.79. The van der Waals surface area contributed by atoms with Gasteiger partial charge >= 0.3 is 0 Å². The molecule has 6 nitrogen and oxygen atoms in total. The summed E-state index contributed by atoms with van der Waals surface area (Å²) in [5.74, 6) is 0.889. The van der Waals surface area contributed by atoms with Crippen molar-refractivity contribution in [1.82, 2.24) is 10.2 Å². The van der Waals surface area contributed by atoms with Crippen molar-refractivity contribution in [1.29, 1.82) is 0 Å². The largest absolute Gasteiger partial charge is 0.492 e. The second-order valence-electron chi connectivity index (χ2n) is 5.39. The van der Waals surface area contributed by atoms with E-state index in [-0.39, 0.29) is 5.84 Å². The molecule has 0 aromatic heterocycles. The molecule has 2 rings (SSSR count). The van der Waals surface area contributed by atoms with Gasteiger partial charge in [-0.15, -0.1) is 0 Å². The monoisotopic (exact) mass is 292 g/mol. The van der Waals surface area contributed by atoms with Crippen molar-refractivity contribution in [2.45, 2.75) is 18.9 Å². The highest BCUT2D eigenvalue weighted by atomic mass is 16.5. The number of hydrogen-bond donors (Lipinski definition) is 3. The van der Waals surface area contributed by atoms with Crippen LogP contribution in [0, 0.1) is 0 Å². The van der Waals surface area contributed by atoms with Crippen molar-refractivity contribution in [3.63, 3.8) is 0 Å². The third kappa shape index (κ3) is 4.91. The van der Waals surface area contributed by atoms with Gasteiger partial charge in [-0.25, -0.2) is 0 Å². The Balaban J connectivity index is 1.67. The molecule has 21 heavy (non-hydrogen) atoms. The van der Waals surface area contributed by atoms with Gasteiger partial charge in [-0.05, 0) is 57.2 Å². The van der Waals surface area contributed by atoms with Crippen LogP contribution in [0.4, 0.5) is 0 Å². The number of likely N-dealkylation sites (tertiary alicyclic amines) is 1. The number of amidine groups is 1. The van der Waals surface area contributed by atoms with E-state index in [1.165, 1.54) is 12.8 Å². The number of nitrogens with two attached hydrogens (primary N) is 1. The second-order valence-corrected chi connectivity index (χ2v) is 5.39. The Morgan fingerprint density at radius 1 is 1.38 bits per heavy atom. The smallest absolute Gasteiger partial charge is 0.170 e. The van der Waals surface area contributed by atoms with E-state index in [9.17, 15) is 0 Å². The summed E-state index contributed by atoms with van der Waals surface area (Å²) >= 11 is 0. The zero-order valence-corrected chi connectivity index (χ0v) is 12.5. The van der Waals surface area contributed by atoms with Crippen LogP contribution in [0.25, 0.3) is 0 Å². The first-order valence-electron chi connectivity index (χ1n) is 7.31. The zero-order chi connectivity index (χ0) is 15.1. The lowest BCUT2D eigenvalue weighted by Crippen LogP contribution is -2.42. The summed E-state index contributed by atoms with van der Waals surface area (Å²) in [4.78, 5) is 2.36. The van der Waals surface area contributed by atoms with E-state index >= 15 is 0 Å². The molecule has 1 saturated heterocycles. The first-order valence-corrected chi connectivity index (χ1v) is 7.31. The van der Waals surface area contributed by atoms with Gasteiger partial charge in [0.2, 0.25) is 0 Å². The summed E-state index contributed by atoms with van der Waals surface area (Å²) in [6.07, 6.45) is 2.40. The lowest BCUT2D eigenvalue weighted by molar-refractivity contribution is 0.224.